The summed E-state index contributed by atoms with van der Waals surface area (Å²) in [5.74, 6) is -0.766. The molecule has 1 amide bonds. The molecule has 0 unspecified atom stereocenters. The highest BCUT2D eigenvalue weighted by Gasteiger charge is 2.17. The van der Waals surface area contributed by atoms with Crippen LogP contribution in [0, 0.1) is 13.8 Å². The average molecular weight is 288 g/mol. The number of amides is 1. The highest BCUT2D eigenvalue weighted by Crippen LogP contribution is 2.12. The predicted octanol–water partition coefficient (Wildman–Crippen LogP) is 1.96. The van der Waals surface area contributed by atoms with Crippen LogP contribution in [0.3, 0.4) is 0 Å². The summed E-state index contributed by atoms with van der Waals surface area (Å²) in [6, 6.07) is 6.74. The number of nitrogens with zero attached hydrogens (tertiary/aromatic N) is 1. The molecule has 2 rings (SSSR count). The maximum Gasteiger partial charge on any atom is 0.335 e. The Morgan fingerprint density at radius 2 is 2.00 bits per heavy atom. The summed E-state index contributed by atoms with van der Waals surface area (Å²) in [4.78, 5) is 23.1. The summed E-state index contributed by atoms with van der Waals surface area (Å²) in [6.45, 7) is 3.72. The van der Waals surface area contributed by atoms with E-state index in [0.717, 1.165) is 0 Å². The van der Waals surface area contributed by atoms with E-state index in [1.165, 1.54) is 0 Å². The fourth-order valence-corrected chi connectivity index (χ4v) is 2.15. The van der Waals surface area contributed by atoms with E-state index in [2.05, 4.69) is 10.5 Å². The zero-order valence-electron chi connectivity index (χ0n) is 11.8. The Kier molecular flexibility index (Phi) is 4.37. The number of aromatic carboxylic acids is 1. The first kappa shape index (κ1) is 14.8. The summed E-state index contributed by atoms with van der Waals surface area (Å²) in [7, 11) is 0. The lowest BCUT2D eigenvalue weighted by Gasteiger charge is -2.07. The van der Waals surface area contributed by atoms with Gasteiger partial charge in [-0.05, 0) is 31.9 Å². The molecule has 0 aliphatic rings. The van der Waals surface area contributed by atoms with Gasteiger partial charge in [0.2, 0.25) is 0 Å². The predicted molar refractivity (Wildman–Crippen MR) is 75.4 cm³/mol. The number of hydrogen-bond donors (Lipinski definition) is 2. The lowest BCUT2D eigenvalue weighted by molar-refractivity contribution is 0.0695. The van der Waals surface area contributed by atoms with Crippen LogP contribution in [0.2, 0.25) is 0 Å². The highest BCUT2D eigenvalue weighted by atomic mass is 16.5. The topological polar surface area (TPSA) is 92.4 Å². The number of carbonyl (C=O) groups is 2. The van der Waals surface area contributed by atoms with Crippen molar-refractivity contribution in [3.8, 4) is 0 Å². The molecule has 0 saturated heterocycles. The lowest BCUT2D eigenvalue weighted by atomic mass is 10.0. The molecule has 0 fully saturated rings. The molecular formula is C15H16N2O4. The van der Waals surface area contributed by atoms with E-state index in [0.29, 0.717) is 35.5 Å². The second-order valence-corrected chi connectivity index (χ2v) is 4.67. The van der Waals surface area contributed by atoms with Crippen LogP contribution in [0.25, 0.3) is 0 Å². The number of rotatable bonds is 5. The number of carbonyl (C=O) groups excluding carboxylic acids is 1. The standard InChI is InChI=1S/C15H16N2O4/c1-9-13(10(2)21-17-9)14(18)16-8-7-11-5-3-4-6-12(11)15(19)20/h3-6H,7-8H2,1-2H3,(H,16,18)(H,19,20). The van der Waals surface area contributed by atoms with Gasteiger partial charge in [0.15, 0.2) is 0 Å². The third-order valence-electron chi connectivity index (χ3n) is 3.19. The third kappa shape index (κ3) is 3.28. The minimum atomic E-state index is -0.970. The van der Waals surface area contributed by atoms with E-state index in [9.17, 15) is 9.59 Å². The second-order valence-electron chi connectivity index (χ2n) is 4.67. The van der Waals surface area contributed by atoms with Crippen molar-refractivity contribution in [3.05, 3.63) is 52.4 Å². The lowest BCUT2D eigenvalue weighted by Crippen LogP contribution is -2.27. The Hall–Kier alpha value is -2.63. The Balaban J connectivity index is 1.99. The molecule has 0 radical (unpaired) electrons. The molecule has 1 heterocycles. The summed E-state index contributed by atoms with van der Waals surface area (Å²) in [5.41, 5.74) is 1.91. The van der Waals surface area contributed by atoms with Gasteiger partial charge in [0.1, 0.15) is 11.3 Å². The third-order valence-corrected chi connectivity index (χ3v) is 3.19. The van der Waals surface area contributed by atoms with Gasteiger partial charge in [0.05, 0.1) is 11.3 Å². The van der Waals surface area contributed by atoms with Gasteiger partial charge in [-0.15, -0.1) is 0 Å². The molecule has 1 aromatic heterocycles. The molecule has 2 N–H and O–H groups in total. The smallest absolute Gasteiger partial charge is 0.335 e. The van der Waals surface area contributed by atoms with E-state index >= 15 is 0 Å². The van der Waals surface area contributed by atoms with Crippen molar-refractivity contribution in [2.24, 2.45) is 0 Å². The molecule has 0 aliphatic carbocycles. The molecule has 2 aromatic rings. The van der Waals surface area contributed by atoms with Gasteiger partial charge in [0, 0.05) is 6.54 Å². The largest absolute Gasteiger partial charge is 0.478 e. The van der Waals surface area contributed by atoms with Gasteiger partial charge in [-0.25, -0.2) is 4.79 Å². The first-order valence-electron chi connectivity index (χ1n) is 6.53. The summed E-state index contributed by atoms with van der Waals surface area (Å²) in [6.07, 6.45) is 0.442. The number of carboxylic acid groups (broad SMARTS) is 1. The molecule has 0 saturated carbocycles. The van der Waals surface area contributed by atoms with Gasteiger partial charge in [-0.1, -0.05) is 23.4 Å². The molecule has 0 spiro atoms. The number of hydrogen-bond acceptors (Lipinski definition) is 4. The molecule has 21 heavy (non-hydrogen) atoms. The number of aryl methyl sites for hydroxylation is 2. The van der Waals surface area contributed by atoms with Crippen LogP contribution in [-0.2, 0) is 6.42 Å². The molecule has 0 aliphatic heterocycles. The number of carboxylic acids is 1. The van der Waals surface area contributed by atoms with Crippen LogP contribution in [0.4, 0.5) is 0 Å². The van der Waals surface area contributed by atoms with Crippen LogP contribution in [0.5, 0.6) is 0 Å². The maximum atomic E-state index is 12.0. The maximum absolute atomic E-state index is 12.0. The van der Waals surface area contributed by atoms with Crippen molar-refractivity contribution in [2.45, 2.75) is 20.3 Å². The summed E-state index contributed by atoms with van der Waals surface area (Å²) < 4.78 is 4.94. The number of aromatic nitrogens is 1. The van der Waals surface area contributed by atoms with Gasteiger partial charge in [0.25, 0.3) is 5.91 Å². The van der Waals surface area contributed by atoms with E-state index in [1.807, 2.05) is 0 Å². The van der Waals surface area contributed by atoms with E-state index in [4.69, 9.17) is 9.63 Å². The first-order chi connectivity index (χ1) is 10.0. The van der Waals surface area contributed by atoms with Crippen molar-refractivity contribution in [1.82, 2.24) is 10.5 Å². The molecule has 6 heteroatoms. The highest BCUT2D eigenvalue weighted by molar-refractivity contribution is 5.96. The molecule has 1 aromatic carbocycles. The molecule has 110 valence electrons. The molecule has 0 atom stereocenters. The monoisotopic (exact) mass is 288 g/mol. The van der Waals surface area contributed by atoms with Crippen molar-refractivity contribution in [1.29, 1.82) is 0 Å². The molecular weight excluding hydrogens is 272 g/mol. The minimum Gasteiger partial charge on any atom is -0.478 e. The Bertz CT molecular complexity index is 657. The van der Waals surface area contributed by atoms with Crippen molar-refractivity contribution >= 4 is 11.9 Å². The SMILES string of the molecule is Cc1noc(C)c1C(=O)NCCc1ccccc1C(=O)O. The first-order valence-corrected chi connectivity index (χ1v) is 6.53. The fraction of sp³-hybridized carbons (Fsp3) is 0.267. The normalized spacial score (nSPS) is 10.4. The van der Waals surface area contributed by atoms with Crippen LogP contribution in [0.1, 0.15) is 37.7 Å². The quantitative estimate of drug-likeness (QED) is 0.877. The van der Waals surface area contributed by atoms with Gasteiger partial charge >= 0.3 is 5.97 Å². The number of benzene rings is 1. The number of nitrogens with one attached hydrogen (secondary N) is 1. The van der Waals surface area contributed by atoms with E-state index in [-0.39, 0.29) is 11.5 Å². The molecule has 0 bridgehead atoms. The van der Waals surface area contributed by atoms with Crippen molar-refractivity contribution < 1.29 is 19.2 Å². The average Bonchev–Trinajstić information content (AvgIpc) is 2.78. The zero-order valence-corrected chi connectivity index (χ0v) is 11.8. The van der Waals surface area contributed by atoms with Gasteiger partial charge in [-0.2, -0.15) is 0 Å². The van der Waals surface area contributed by atoms with Crippen molar-refractivity contribution in [3.63, 3.8) is 0 Å². The second kappa shape index (κ2) is 6.21. The van der Waals surface area contributed by atoms with Gasteiger partial charge in [-0.3, -0.25) is 4.79 Å². The molecule has 6 nitrogen and oxygen atoms in total. The van der Waals surface area contributed by atoms with Crippen LogP contribution in [-0.4, -0.2) is 28.7 Å². The van der Waals surface area contributed by atoms with Crippen LogP contribution < -0.4 is 5.32 Å². The fourth-order valence-electron chi connectivity index (χ4n) is 2.15. The zero-order chi connectivity index (χ0) is 15.4. The van der Waals surface area contributed by atoms with Crippen molar-refractivity contribution in [2.75, 3.05) is 6.54 Å². The van der Waals surface area contributed by atoms with Crippen LogP contribution >= 0.6 is 0 Å². The summed E-state index contributed by atoms with van der Waals surface area (Å²) in [5, 5.41) is 15.6. The Morgan fingerprint density at radius 3 is 2.62 bits per heavy atom. The summed E-state index contributed by atoms with van der Waals surface area (Å²) >= 11 is 0. The Labute approximate surface area is 121 Å². The van der Waals surface area contributed by atoms with Crippen LogP contribution in [0.15, 0.2) is 28.8 Å². The van der Waals surface area contributed by atoms with Gasteiger partial charge < -0.3 is 14.9 Å². The van der Waals surface area contributed by atoms with E-state index < -0.39 is 5.97 Å². The Morgan fingerprint density at radius 1 is 1.29 bits per heavy atom. The minimum absolute atomic E-state index is 0.254. The van der Waals surface area contributed by atoms with E-state index in [1.54, 1.807) is 38.1 Å².